The fourth-order valence-electron chi connectivity index (χ4n) is 1.84. The van der Waals surface area contributed by atoms with Gasteiger partial charge in [-0.05, 0) is 31.4 Å². The molecule has 4 nitrogen and oxygen atoms in total. The van der Waals surface area contributed by atoms with Gasteiger partial charge in [-0.2, -0.15) is 0 Å². The van der Waals surface area contributed by atoms with Gasteiger partial charge < -0.3 is 15.5 Å². The maximum Gasteiger partial charge on any atom is 0.320 e. The van der Waals surface area contributed by atoms with E-state index in [0.29, 0.717) is 6.42 Å². The average Bonchev–Trinajstić information content (AvgIpc) is 2.42. The van der Waals surface area contributed by atoms with E-state index in [1.54, 1.807) is 6.92 Å². The van der Waals surface area contributed by atoms with Crippen molar-refractivity contribution in [3.63, 3.8) is 0 Å². The van der Waals surface area contributed by atoms with Crippen molar-refractivity contribution in [2.45, 2.75) is 38.8 Å². The maximum atomic E-state index is 11.2. The molecule has 1 rings (SSSR count). The van der Waals surface area contributed by atoms with Crippen molar-refractivity contribution in [2.24, 2.45) is 5.92 Å². The molecule has 0 bridgehead atoms. The summed E-state index contributed by atoms with van der Waals surface area (Å²) in [4.78, 5) is 11.2. The van der Waals surface area contributed by atoms with Gasteiger partial charge in [0.05, 0.1) is 0 Å². The van der Waals surface area contributed by atoms with Crippen molar-refractivity contribution >= 4 is 5.97 Å². The molecule has 0 radical (unpaired) electrons. The second-order valence-corrected chi connectivity index (χ2v) is 5.79. The van der Waals surface area contributed by atoms with Crippen LogP contribution in [0.1, 0.15) is 32.8 Å². The number of carboxylic acids is 1. The molecule has 2 atom stereocenters. The minimum absolute atomic E-state index is 0.108. The number of aliphatic carboxylic acids is 1. The highest BCUT2D eigenvalue weighted by atomic mass is 16.4. The van der Waals surface area contributed by atoms with E-state index in [2.05, 4.69) is 17.2 Å². The zero-order chi connectivity index (χ0) is 15.9. The van der Waals surface area contributed by atoms with Crippen LogP contribution in [0.15, 0.2) is 30.3 Å². The zero-order valence-electron chi connectivity index (χ0n) is 12.8. The lowest BCUT2D eigenvalue weighted by Crippen LogP contribution is -2.45. The van der Waals surface area contributed by atoms with Crippen LogP contribution in [-0.4, -0.2) is 34.4 Å². The standard InChI is InChI=1S/C17H23NO3/c1-13(2)11-15(16(19)20)18-12-17(3,21)10-9-14-7-5-4-6-8-14/h4-8,13,15,18,21H,11-12H2,1-3H3,(H,19,20). The Balaban J connectivity index is 2.63. The number of hydrogen-bond acceptors (Lipinski definition) is 3. The summed E-state index contributed by atoms with van der Waals surface area (Å²) in [5, 5.41) is 22.2. The number of aliphatic hydroxyl groups is 1. The molecular formula is C17H23NO3. The fourth-order valence-corrected chi connectivity index (χ4v) is 1.84. The highest BCUT2D eigenvalue weighted by molar-refractivity contribution is 5.73. The van der Waals surface area contributed by atoms with Crippen molar-refractivity contribution in [1.82, 2.24) is 5.32 Å². The van der Waals surface area contributed by atoms with Gasteiger partial charge in [0.1, 0.15) is 11.6 Å². The third-order valence-electron chi connectivity index (χ3n) is 2.95. The van der Waals surface area contributed by atoms with Crippen LogP contribution in [0.3, 0.4) is 0 Å². The van der Waals surface area contributed by atoms with Crippen LogP contribution in [0, 0.1) is 17.8 Å². The van der Waals surface area contributed by atoms with Crippen LogP contribution < -0.4 is 5.32 Å². The molecule has 21 heavy (non-hydrogen) atoms. The van der Waals surface area contributed by atoms with Gasteiger partial charge >= 0.3 is 5.97 Å². The van der Waals surface area contributed by atoms with E-state index in [1.165, 1.54) is 0 Å². The van der Waals surface area contributed by atoms with Gasteiger partial charge in [0.15, 0.2) is 0 Å². The van der Waals surface area contributed by atoms with Gasteiger partial charge in [0.2, 0.25) is 0 Å². The summed E-state index contributed by atoms with van der Waals surface area (Å²) in [6.07, 6.45) is 0.511. The number of carbonyl (C=O) groups is 1. The summed E-state index contributed by atoms with van der Waals surface area (Å²) in [5.74, 6) is 5.02. The Kier molecular flexibility index (Phi) is 6.41. The van der Waals surface area contributed by atoms with Crippen LogP contribution in [0.4, 0.5) is 0 Å². The first kappa shape index (κ1) is 17.2. The zero-order valence-corrected chi connectivity index (χ0v) is 12.8. The maximum absolute atomic E-state index is 11.2. The van der Waals surface area contributed by atoms with Gasteiger partial charge in [0, 0.05) is 12.1 Å². The lowest BCUT2D eigenvalue weighted by atomic mass is 10.0. The van der Waals surface area contributed by atoms with Gasteiger partial charge in [-0.1, -0.05) is 43.9 Å². The van der Waals surface area contributed by atoms with E-state index >= 15 is 0 Å². The van der Waals surface area contributed by atoms with Gasteiger partial charge in [0.25, 0.3) is 0 Å². The predicted octanol–water partition coefficient (Wildman–Crippen LogP) is 1.88. The number of carboxylic acid groups (broad SMARTS) is 1. The van der Waals surface area contributed by atoms with Gasteiger partial charge in [-0.3, -0.25) is 4.79 Å². The average molecular weight is 289 g/mol. The normalized spacial score (nSPS) is 14.9. The summed E-state index contributed by atoms with van der Waals surface area (Å²) in [6, 6.07) is 8.69. The Hall–Kier alpha value is -1.83. The van der Waals surface area contributed by atoms with Gasteiger partial charge in [-0.15, -0.1) is 0 Å². The summed E-state index contributed by atoms with van der Waals surface area (Å²) in [5.41, 5.74) is -0.463. The van der Waals surface area contributed by atoms with E-state index in [1.807, 2.05) is 44.2 Å². The monoisotopic (exact) mass is 289 g/mol. The van der Waals surface area contributed by atoms with E-state index in [0.717, 1.165) is 5.56 Å². The quantitative estimate of drug-likeness (QED) is 0.699. The van der Waals surface area contributed by atoms with Crippen LogP contribution >= 0.6 is 0 Å². The smallest absolute Gasteiger partial charge is 0.320 e. The van der Waals surface area contributed by atoms with E-state index < -0.39 is 17.6 Å². The second-order valence-electron chi connectivity index (χ2n) is 5.79. The first-order valence-corrected chi connectivity index (χ1v) is 7.07. The third kappa shape index (κ3) is 6.94. The molecule has 1 aromatic carbocycles. The molecule has 0 aliphatic carbocycles. The second kappa shape index (κ2) is 7.82. The lowest BCUT2D eigenvalue weighted by molar-refractivity contribution is -0.140. The van der Waals surface area contributed by atoms with Crippen LogP contribution in [0.5, 0.6) is 0 Å². The number of hydrogen-bond donors (Lipinski definition) is 3. The molecule has 114 valence electrons. The molecule has 0 saturated carbocycles. The van der Waals surface area contributed by atoms with Crippen LogP contribution in [-0.2, 0) is 4.79 Å². The molecule has 4 heteroatoms. The van der Waals surface area contributed by atoms with Crippen molar-refractivity contribution in [1.29, 1.82) is 0 Å². The minimum atomic E-state index is -1.28. The van der Waals surface area contributed by atoms with Crippen molar-refractivity contribution in [2.75, 3.05) is 6.54 Å². The minimum Gasteiger partial charge on any atom is -0.480 e. The van der Waals surface area contributed by atoms with Crippen molar-refractivity contribution < 1.29 is 15.0 Å². The molecule has 0 aliphatic heterocycles. The molecule has 0 aliphatic rings. The molecule has 2 unspecified atom stereocenters. The predicted molar refractivity (Wildman–Crippen MR) is 82.8 cm³/mol. The van der Waals surface area contributed by atoms with E-state index in [4.69, 9.17) is 5.11 Å². The molecule has 0 spiro atoms. The first-order valence-electron chi connectivity index (χ1n) is 7.07. The molecule has 3 N–H and O–H groups in total. The number of benzene rings is 1. The summed E-state index contributed by atoms with van der Waals surface area (Å²) >= 11 is 0. The summed E-state index contributed by atoms with van der Waals surface area (Å²) in [6.45, 7) is 5.61. The molecule has 0 aromatic heterocycles. The van der Waals surface area contributed by atoms with Crippen LogP contribution in [0.2, 0.25) is 0 Å². The highest BCUT2D eigenvalue weighted by Crippen LogP contribution is 2.07. The van der Waals surface area contributed by atoms with Crippen molar-refractivity contribution in [3.05, 3.63) is 35.9 Å². The molecule has 1 aromatic rings. The Bertz CT molecular complexity index is 512. The Morgan fingerprint density at radius 3 is 2.48 bits per heavy atom. The van der Waals surface area contributed by atoms with Crippen molar-refractivity contribution in [3.8, 4) is 11.8 Å². The Morgan fingerprint density at radius 2 is 1.95 bits per heavy atom. The molecular weight excluding hydrogens is 266 g/mol. The van der Waals surface area contributed by atoms with E-state index in [-0.39, 0.29) is 12.5 Å². The fraction of sp³-hybridized carbons (Fsp3) is 0.471. The largest absolute Gasteiger partial charge is 0.480 e. The number of nitrogens with one attached hydrogen (secondary N) is 1. The Labute approximate surface area is 126 Å². The topological polar surface area (TPSA) is 69.6 Å². The van der Waals surface area contributed by atoms with Crippen LogP contribution in [0.25, 0.3) is 0 Å². The molecule has 0 saturated heterocycles. The van der Waals surface area contributed by atoms with E-state index in [9.17, 15) is 9.90 Å². The number of rotatable bonds is 6. The van der Waals surface area contributed by atoms with Gasteiger partial charge in [-0.25, -0.2) is 0 Å². The first-order chi connectivity index (χ1) is 9.80. The highest BCUT2D eigenvalue weighted by Gasteiger charge is 2.23. The molecule has 0 fully saturated rings. The summed E-state index contributed by atoms with van der Waals surface area (Å²) in [7, 11) is 0. The third-order valence-corrected chi connectivity index (χ3v) is 2.95. The SMILES string of the molecule is CC(C)CC(NCC(C)(O)C#Cc1ccccc1)C(=O)O. The summed E-state index contributed by atoms with van der Waals surface area (Å²) < 4.78 is 0. The Morgan fingerprint density at radius 1 is 1.33 bits per heavy atom. The lowest BCUT2D eigenvalue weighted by Gasteiger charge is -2.22. The molecule has 0 amide bonds. The molecule has 0 heterocycles.